The van der Waals surface area contributed by atoms with Crippen LogP contribution in [0.2, 0.25) is 0 Å². The highest BCUT2D eigenvalue weighted by molar-refractivity contribution is 9.10. The summed E-state index contributed by atoms with van der Waals surface area (Å²) >= 11 is 3.40. The number of hydrogen-bond acceptors (Lipinski definition) is 7. The third kappa shape index (κ3) is 4.84. The molecule has 8 nitrogen and oxygen atoms in total. The van der Waals surface area contributed by atoms with Crippen LogP contribution in [-0.4, -0.2) is 32.5 Å². The Bertz CT molecular complexity index is 1140. The van der Waals surface area contributed by atoms with Crippen LogP contribution in [0.25, 0.3) is 0 Å². The Kier molecular flexibility index (Phi) is 6.36. The first-order chi connectivity index (χ1) is 13.8. The van der Waals surface area contributed by atoms with Crippen LogP contribution in [0, 0.1) is 6.92 Å². The van der Waals surface area contributed by atoms with Gasteiger partial charge in [0.25, 0.3) is 0 Å². The van der Waals surface area contributed by atoms with Gasteiger partial charge < -0.3 is 15.4 Å². The van der Waals surface area contributed by atoms with E-state index in [-0.39, 0.29) is 4.90 Å². The molecule has 10 heteroatoms. The molecular weight excluding hydrogens is 458 g/mol. The van der Waals surface area contributed by atoms with E-state index < -0.39 is 10.0 Å². The van der Waals surface area contributed by atoms with E-state index in [1.807, 2.05) is 25.1 Å². The number of benzene rings is 2. The number of para-hydroxylation sites is 1. The zero-order valence-corrected chi connectivity index (χ0v) is 18.4. The van der Waals surface area contributed by atoms with Gasteiger partial charge in [-0.3, -0.25) is 0 Å². The third-order valence-electron chi connectivity index (χ3n) is 4.11. The molecule has 1 heterocycles. The molecule has 3 rings (SSSR count). The summed E-state index contributed by atoms with van der Waals surface area (Å²) in [5.74, 6) is 1.51. The molecule has 0 bridgehead atoms. The number of rotatable bonds is 7. The van der Waals surface area contributed by atoms with Gasteiger partial charge in [-0.2, -0.15) is 4.98 Å². The molecule has 0 aliphatic rings. The first kappa shape index (κ1) is 21.0. The lowest BCUT2D eigenvalue weighted by Gasteiger charge is -2.14. The van der Waals surface area contributed by atoms with Gasteiger partial charge >= 0.3 is 0 Å². The molecule has 0 spiro atoms. The monoisotopic (exact) mass is 477 g/mol. The van der Waals surface area contributed by atoms with E-state index >= 15 is 0 Å². The molecule has 0 saturated carbocycles. The Morgan fingerprint density at radius 2 is 1.86 bits per heavy atom. The second kappa shape index (κ2) is 8.76. The number of methoxy groups -OCH3 is 1. The number of aryl methyl sites for hydroxylation is 1. The van der Waals surface area contributed by atoms with Crippen molar-refractivity contribution in [2.24, 2.45) is 0 Å². The van der Waals surface area contributed by atoms with E-state index in [2.05, 4.69) is 41.3 Å². The predicted octanol–water partition coefficient (Wildman–Crippen LogP) is 3.95. The van der Waals surface area contributed by atoms with Crippen molar-refractivity contribution in [3.05, 3.63) is 58.7 Å². The number of hydrogen-bond donors (Lipinski definition) is 3. The van der Waals surface area contributed by atoms with Gasteiger partial charge in [-0.15, -0.1) is 0 Å². The van der Waals surface area contributed by atoms with E-state index in [4.69, 9.17) is 4.74 Å². The summed E-state index contributed by atoms with van der Waals surface area (Å²) in [7, 11) is -0.655. The van der Waals surface area contributed by atoms with Crippen LogP contribution in [0.5, 0.6) is 5.75 Å². The van der Waals surface area contributed by atoms with Crippen LogP contribution in [0.1, 0.15) is 5.56 Å². The minimum Gasteiger partial charge on any atom is -0.496 e. The van der Waals surface area contributed by atoms with Crippen molar-refractivity contribution in [1.82, 2.24) is 14.7 Å². The van der Waals surface area contributed by atoms with E-state index in [0.29, 0.717) is 21.9 Å². The van der Waals surface area contributed by atoms with E-state index in [0.717, 1.165) is 17.0 Å². The topological polar surface area (TPSA) is 105 Å². The van der Waals surface area contributed by atoms with Crippen molar-refractivity contribution in [3.8, 4) is 5.75 Å². The molecule has 0 atom stereocenters. The average Bonchev–Trinajstić information content (AvgIpc) is 2.72. The standard InChI is InChI=1S/C19H20BrN5O3S/c1-12-8-9-13(10-16(12)28-3)23-19-22-11-14(20)18(25-19)24-15-6-4-5-7-17(15)29(26,27)21-2/h4-11,21H,1-3H3,(H2,22,23,24,25). The first-order valence-corrected chi connectivity index (χ1v) is 10.9. The summed E-state index contributed by atoms with van der Waals surface area (Å²) in [6.45, 7) is 1.96. The summed E-state index contributed by atoms with van der Waals surface area (Å²) in [6, 6.07) is 12.2. The zero-order chi connectivity index (χ0) is 21.0. The lowest BCUT2D eigenvalue weighted by molar-refractivity contribution is 0.412. The van der Waals surface area contributed by atoms with E-state index in [1.54, 1.807) is 31.5 Å². The summed E-state index contributed by atoms with van der Waals surface area (Å²) < 4.78 is 32.8. The smallest absolute Gasteiger partial charge is 0.242 e. The van der Waals surface area contributed by atoms with Crippen molar-refractivity contribution in [1.29, 1.82) is 0 Å². The molecule has 0 fully saturated rings. The molecule has 3 N–H and O–H groups in total. The fraction of sp³-hybridized carbons (Fsp3) is 0.158. The molecular formula is C19H20BrN5O3S. The van der Waals surface area contributed by atoms with Gasteiger partial charge in [-0.1, -0.05) is 18.2 Å². The van der Waals surface area contributed by atoms with Crippen LogP contribution in [-0.2, 0) is 10.0 Å². The van der Waals surface area contributed by atoms with Crippen molar-refractivity contribution < 1.29 is 13.2 Å². The molecule has 29 heavy (non-hydrogen) atoms. The molecule has 2 aromatic carbocycles. The van der Waals surface area contributed by atoms with Crippen molar-refractivity contribution in [3.63, 3.8) is 0 Å². The number of anilines is 4. The van der Waals surface area contributed by atoms with Gasteiger partial charge in [-0.05, 0) is 53.7 Å². The Morgan fingerprint density at radius 1 is 1.10 bits per heavy atom. The highest BCUT2D eigenvalue weighted by Crippen LogP contribution is 2.29. The number of halogens is 1. The van der Waals surface area contributed by atoms with Crippen molar-refractivity contribution in [2.75, 3.05) is 24.8 Å². The molecule has 0 radical (unpaired) electrons. The summed E-state index contributed by atoms with van der Waals surface area (Å²) in [5, 5.41) is 6.18. The summed E-state index contributed by atoms with van der Waals surface area (Å²) in [5.41, 5.74) is 2.17. The second-order valence-corrected chi connectivity index (χ2v) is 8.74. The fourth-order valence-electron chi connectivity index (χ4n) is 2.58. The third-order valence-corrected chi connectivity index (χ3v) is 6.16. The minimum absolute atomic E-state index is 0.116. The highest BCUT2D eigenvalue weighted by Gasteiger charge is 2.17. The molecule has 152 valence electrons. The number of ether oxygens (including phenoxy) is 1. The van der Waals surface area contributed by atoms with E-state index in [9.17, 15) is 8.42 Å². The Labute approximate surface area is 177 Å². The number of nitrogens with zero attached hydrogens (tertiary/aromatic N) is 2. The van der Waals surface area contributed by atoms with Gasteiger partial charge in [-0.25, -0.2) is 18.1 Å². The zero-order valence-electron chi connectivity index (χ0n) is 16.0. The van der Waals surface area contributed by atoms with Gasteiger partial charge in [0.05, 0.1) is 17.3 Å². The molecule has 3 aromatic rings. The Hall–Kier alpha value is -2.69. The summed E-state index contributed by atoms with van der Waals surface area (Å²) in [6.07, 6.45) is 1.58. The van der Waals surface area contributed by atoms with Crippen LogP contribution < -0.4 is 20.1 Å². The molecule has 0 amide bonds. The molecule has 0 saturated heterocycles. The van der Waals surface area contributed by atoms with Crippen LogP contribution in [0.15, 0.2) is 58.0 Å². The Balaban J connectivity index is 1.91. The van der Waals surface area contributed by atoms with Gasteiger partial charge in [0, 0.05) is 18.0 Å². The highest BCUT2D eigenvalue weighted by atomic mass is 79.9. The van der Waals surface area contributed by atoms with E-state index in [1.165, 1.54) is 13.1 Å². The molecule has 1 aromatic heterocycles. The first-order valence-electron chi connectivity index (χ1n) is 8.58. The van der Waals surface area contributed by atoms with Gasteiger partial charge in [0.2, 0.25) is 16.0 Å². The minimum atomic E-state index is -3.63. The predicted molar refractivity (Wildman–Crippen MR) is 117 cm³/mol. The Morgan fingerprint density at radius 3 is 2.59 bits per heavy atom. The maximum Gasteiger partial charge on any atom is 0.242 e. The van der Waals surface area contributed by atoms with Gasteiger partial charge in [0.15, 0.2) is 0 Å². The SMILES string of the molecule is CNS(=O)(=O)c1ccccc1Nc1nc(Nc2ccc(C)c(OC)c2)ncc1Br. The number of aromatic nitrogens is 2. The quantitative estimate of drug-likeness (QED) is 0.472. The number of nitrogens with one attached hydrogen (secondary N) is 3. The largest absolute Gasteiger partial charge is 0.496 e. The van der Waals surface area contributed by atoms with Crippen molar-refractivity contribution >= 4 is 49.1 Å². The maximum atomic E-state index is 12.3. The lowest BCUT2D eigenvalue weighted by Crippen LogP contribution is -2.19. The van der Waals surface area contributed by atoms with Crippen LogP contribution in [0.3, 0.4) is 0 Å². The normalized spacial score (nSPS) is 11.2. The van der Waals surface area contributed by atoms with Crippen molar-refractivity contribution in [2.45, 2.75) is 11.8 Å². The van der Waals surface area contributed by atoms with Crippen LogP contribution >= 0.6 is 15.9 Å². The summed E-state index contributed by atoms with van der Waals surface area (Å²) in [4.78, 5) is 8.83. The molecule has 0 aliphatic carbocycles. The number of sulfonamides is 1. The lowest BCUT2D eigenvalue weighted by atomic mass is 10.2. The maximum absolute atomic E-state index is 12.3. The molecule has 0 aliphatic heterocycles. The average molecular weight is 478 g/mol. The van der Waals surface area contributed by atoms with Gasteiger partial charge in [0.1, 0.15) is 16.5 Å². The second-order valence-electron chi connectivity index (χ2n) is 6.03. The molecule has 0 unspecified atom stereocenters. The van der Waals surface area contributed by atoms with Crippen LogP contribution in [0.4, 0.5) is 23.1 Å². The fourth-order valence-corrected chi connectivity index (χ4v) is 3.76.